The zero-order valence-corrected chi connectivity index (χ0v) is 16.0. The molecule has 0 spiro atoms. The van der Waals surface area contributed by atoms with Crippen LogP contribution in [0.15, 0.2) is 53.3 Å². The number of rotatable bonds is 5. The van der Waals surface area contributed by atoms with Crippen LogP contribution in [0.25, 0.3) is 20.5 Å². The normalized spacial score (nSPS) is 11.0. The van der Waals surface area contributed by atoms with Crippen LogP contribution in [0.1, 0.15) is 28.7 Å². The fourth-order valence-corrected chi connectivity index (χ4v) is 4.08. The molecule has 3 aromatic heterocycles. The first-order valence-electron chi connectivity index (χ1n) is 8.39. The van der Waals surface area contributed by atoms with Crippen molar-refractivity contribution >= 4 is 39.0 Å². The summed E-state index contributed by atoms with van der Waals surface area (Å²) in [6, 6.07) is 11.5. The van der Waals surface area contributed by atoms with Crippen LogP contribution in [0.5, 0.6) is 0 Å². The summed E-state index contributed by atoms with van der Waals surface area (Å²) in [6.45, 7) is 2.05. The summed E-state index contributed by atoms with van der Waals surface area (Å²) in [4.78, 5) is 13.3. The van der Waals surface area contributed by atoms with E-state index in [1.54, 1.807) is 19.5 Å². The molecular weight excluding hydrogens is 384 g/mol. The van der Waals surface area contributed by atoms with E-state index in [2.05, 4.69) is 10.2 Å². The summed E-state index contributed by atoms with van der Waals surface area (Å²) < 4.78 is 11.1. The van der Waals surface area contributed by atoms with Crippen molar-refractivity contribution in [1.29, 1.82) is 0 Å². The van der Waals surface area contributed by atoms with Crippen molar-refractivity contribution in [3.63, 3.8) is 0 Å². The molecule has 0 N–H and O–H groups in total. The SMILES string of the molecule is CCOC(=O)c1nnc(Cc2ccoc2)c2cc(-c3ccc(Cl)cc3)sc12. The van der Waals surface area contributed by atoms with Gasteiger partial charge in [0.25, 0.3) is 0 Å². The summed E-state index contributed by atoms with van der Waals surface area (Å²) in [5.74, 6) is -0.464. The van der Waals surface area contributed by atoms with Crippen LogP contribution in [-0.2, 0) is 11.2 Å². The second-order valence-electron chi connectivity index (χ2n) is 5.88. The highest BCUT2D eigenvalue weighted by atomic mass is 35.5. The van der Waals surface area contributed by atoms with Crippen LogP contribution >= 0.6 is 22.9 Å². The number of fused-ring (bicyclic) bond motifs is 1. The van der Waals surface area contributed by atoms with Crippen molar-refractivity contribution in [1.82, 2.24) is 10.2 Å². The fraction of sp³-hybridized carbons (Fsp3) is 0.150. The predicted molar refractivity (Wildman–Crippen MR) is 105 cm³/mol. The Kier molecular flexibility index (Phi) is 4.92. The first-order chi connectivity index (χ1) is 13.2. The molecule has 4 aromatic rings. The number of esters is 1. The lowest BCUT2D eigenvalue weighted by Gasteiger charge is -2.04. The Hall–Kier alpha value is -2.70. The number of carbonyl (C=O) groups is 1. The number of benzene rings is 1. The molecule has 1 aromatic carbocycles. The first kappa shape index (κ1) is 17.7. The van der Waals surface area contributed by atoms with E-state index in [-0.39, 0.29) is 12.3 Å². The summed E-state index contributed by atoms with van der Waals surface area (Å²) in [5, 5.41) is 10.0. The average molecular weight is 399 g/mol. The van der Waals surface area contributed by atoms with E-state index in [0.717, 1.165) is 31.8 Å². The van der Waals surface area contributed by atoms with E-state index in [4.69, 9.17) is 20.8 Å². The van der Waals surface area contributed by atoms with E-state index >= 15 is 0 Å². The Morgan fingerprint density at radius 1 is 1.22 bits per heavy atom. The molecule has 0 bridgehead atoms. The molecule has 0 aliphatic heterocycles. The van der Waals surface area contributed by atoms with Gasteiger partial charge in [0.1, 0.15) is 0 Å². The van der Waals surface area contributed by atoms with Crippen molar-refractivity contribution in [2.24, 2.45) is 0 Å². The minimum atomic E-state index is -0.464. The van der Waals surface area contributed by atoms with Crippen LogP contribution in [0.2, 0.25) is 5.02 Å². The van der Waals surface area contributed by atoms with Gasteiger partial charge in [0.2, 0.25) is 0 Å². The van der Waals surface area contributed by atoms with Gasteiger partial charge in [0.15, 0.2) is 5.69 Å². The lowest BCUT2D eigenvalue weighted by Crippen LogP contribution is -2.09. The Bertz CT molecular complexity index is 1090. The van der Waals surface area contributed by atoms with Crippen LogP contribution in [0, 0.1) is 0 Å². The number of ether oxygens (including phenoxy) is 1. The van der Waals surface area contributed by atoms with Gasteiger partial charge >= 0.3 is 5.97 Å². The molecule has 0 unspecified atom stereocenters. The molecule has 0 radical (unpaired) electrons. The van der Waals surface area contributed by atoms with Crippen molar-refractivity contribution in [2.75, 3.05) is 6.61 Å². The fourth-order valence-electron chi connectivity index (χ4n) is 2.80. The number of carbonyl (C=O) groups excluding carboxylic acids is 1. The molecule has 0 aliphatic rings. The second-order valence-corrected chi connectivity index (χ2v) is 7.37. The van der Waals surface area contributed by atoms with E-state index in [0.29, 0.717) is 11.4 Å². The van der Waals surface area contributed by atoms with Crippen molar-refractivity contribution in [2.45, 2.75) is 13.3 Å². The van der Waals surface area contributed by atoms with Crippen molar-refractivity contribution in [3.8, 4) is 10.4 Å². The molecule has 3 heterocycles. The molecule has 0 atom stereocenters. The quantitative estimate of drug-likeness (QED) is 0.423. The molecule has 136 valence electrons. The maximum absolute atomic E-state index is 12.3. The van der Waals surface area contributed by atoms with Crippen LogP contribution in [0.3, 0.4) is 0 Å². The number of hydrogen-bond acceptors (Lipinski definition) is 6. The largest absolute Gasteiger partial charge is 0.472 e. The third kappa shape index (κ3) is 3.59. The van der Waals surface area contributed by atoms with E-state index < -0.39 is 5.97 Å². The third-order valence-electron chi connectivity index (χ3n) is 4.08. The van der Waals surface area contributed by atoms with Gasteiger partial charge < -0.3 is 9.15 Å². The smallest absolute Gasteiger partial charge is 0.360 e. The summed E-state index contributed by atoms with van der Waals surface area (Å²) in [5.41, 5.74) is 3.04. The molecule has 0 saturated heterocycles. The minimum Gasteiger partial charge on any atom is -0.472 e. The Balaban J connectivity index is 1.85. The molecule has 0 saturated carbocycles. The van der Waals surface area contributed by atoms with Gasteiger partial charge in [-0.05, 0) is 42.3 Å². The third-order valence-corrected chi connectivity index (χ3v) is 5.52. The number of aromatic nitrogens is 2. The summed E-state index contributed by atoms with van der Waals surface area (Å²) >= 11 is 7.49. The summed E-state index contributed by atoms with van der Waals surface area (Å²) in [7, 11) is 0. The molecule has 0 amide bonds. The van der Waals surface area contributed by atoms with Gasteiger partial charge in [-0.25, -0.2) is 4.79 Å². The average Bonchev–Trinajstić information content (AvgIpc) is 3.32. The van der Waals surface area contributed by atoms with Gasteiger partial charge in [-0.15, -0.1) is 16.4 Å². The highest BCUT2D eigenvalue weighted by Gasteiger charge is 2.20. The predicted octanol–water partition coefficient (Wildman–Crippen LogP) is 5.37. The number of halogens is 1. The van der Waals surface area contributed by atoms with Crippen LogP contribution in [0.4, 0.5) is 0 Å². The van der Waals surface area contributed by atoms with E-state index in [1.807, 2.05) is 36.4 Å². The number of thiophene rings is 1. The maximum Gasteiger partial charge on any atom is 0.360 e. The molecule has 0 aliphatic carbocycles. The van der Waals surface area contributed by atoms with Crippen LogP contribution < -0.4 is 0 Å². The molecule has 5 nitrogen and oxygen atoms in total. The van der Waals surface area contributed by atoms with Gasteiger partial charge in [-0.2, -0.15) is 5.10 Å². The zero-order valence-electron chi connectivity index (χ0n) is 14.4. The van der Waals surface area contributed by atoms with Gasteiger partial charge in [-0.1, -0.05) is 23.7 Å². The molecule has 4 rings (SSSR count). The number of nitrogens with zero attached hydrogens (tertiary/aromatic N) is 2. The number of hydrogen-bond donors (Lipinski definition) is 0. The first-order valence-corrected chi connectivity index (χ1v) is 9.58. The van der Waals surface area contributed by atoms with Gasteiger partial charge in [0.05, 0.1) is 29.5 Å². The maximum atomic E-state index is 12.3. The van der Waals surface area contributed by atoms with E-state index in [1.165, 1.54) is 11.3 Å². The highest BCUT2D eigenvalue weighted by molar-refractivity contribution is 7.22. The second kappa shape index (κ2) is 7.50. The number of furan rings is 1. The molecule has 0 fully saturated rings. The molecule has 27 heavy (non-hydrogen) atoms. The molecular formula is C20H15ClN2O3S. The van der Waals surface area contributed by atoms with Crippen LogP contribution in [-0.4, -0.2) is 22.8 Å². The van der Waals surface area contributed by atoms with Crippen molar-refractivity contribution in [3.05, 3.63) is 70.9 Å². The van der Waals surface area contributed by atoms with Crippen molar-refractivity contribution < 1.29 is 13.9 Å². The summed E-state index contributed by atoms with van der Waals surface area (Å²) in [6.07, 6.45) is 3.87. The topological polar surface area (TPSA) is 65.2 Å². The monoisotopic (exact) mass is 398 g/mol. The van der Waals surface area contributed by atoms with E-state index in [9.17, 15) is 4.79 Å². The van der Waals surface area contributed by atoms with Gasteiger partial charge in [0, 0.05) is 21.7 Å². The minimum absolute atomic E-state index is 0.244. The highest BCUT2D eigenvalue weighted by Crippen LogP contribution is 2.37. The Morgan fingerprint density at radius 3 is 2.74 bits per heavy atom. The standard InChI is InChI=1S/C20H15ClN2O3S/c1-2-26-20(24)18-19-15(16(22-23-18)9-12-7-8-25-11-12)10-17(27-19)13-3-5-14(21)6-4-13/h3-8,10-11H,2,9H2,1H3. The Labute approximate surface area is 164 Å². The molecule has 7 heteroatoms. The Morgan fingerprint density at radius 2 is 2.04 bits per heavy atom. The lowest BCUT2D eigenvalue weighted by molar-refractivity contribution is 0.0521. The van der Waals surface area contributed by atoms with Gasteiger partial charge in [-0.3, -0.25) is 0 Å². The zero-order chi connectivity index (χ0) is 18.8. The lowest BCUT2D eigenvalue weighted by atomic mass is 10.1.